The Hall–Kier alpha value is -1.39. The van der Waals surface area contributed by atoms with Crippen LogP contribution in [0, 0.1) is 0 Å². The van der Waals surface area contributed by atoms with Crippen molar-refractivity contribution in [3.63, 3.8) is 0 Å². The standard InChI is InChI=1S/C13H17ClN4/c1-2-13-12(7-8-15)16-17-18(13)9-10-5-3-4-6-11(10)14/h3-6H,2,7-9,15H2,1H3. The molecule has 2 N–H and O–H groups in total. The fourth-order valence-corrected chi connectivity index (χ4v) is 2.20. The summed E-state index contributed by atoms with van der Waals surface area (Å²) in [6, 6.07) is 7.80. The Morgan fingerprint density at radius 2 is 2.11 bits per heavy atom. The van der Waals surface area contributed by atoms with Gasteiger partial charge < -0.3 is 5.73 Å². The van der Waals surface area contributed by atoms with Crippen LogP contribution in [0.2, 0.25) is 5.02 Å². The zero-order valence-corrected chi connectivity index (χ0v) is 11.2. The topological polar surface area (TPSA) is 56.7 Å². The molecule has 4 nitrogen and oxygen atoms in total. The van der Waals surface area contributed by atoms with Crippen LogP contribution in [0.5, 0.6) is 0 Å². The normalized spacial score (nSPS) is 10.8. The average molecular weight is 265 g/mol. The molecule has 0 saturated carbocycles. The molecule has 0 aliphatic heterocycles. The van der Waals surface area contributed by atoms with Gasteiger partial charge in [0.2, 0.25) is 0 Å². The number of benzene rings is 1. The number of hydrogen-bond acceptors (Lipinski definition) is 3. The van der Waals surface area contributed by atoms with Crippen molar-refractivity contribution in [2.24, 2.45) is 5.73 Å². The van der Waals surface area contributed by atoms with Crippen molar-refractivity contribution in [2.75, 3.05) is 6.54 Å². The molecule has 5 heteroatoms. The molecule has 1 aromatic heterocycles. The van der Waals surface area contributed by atoms with E-state index < -0.39 is 0 Å². The highest BCUT2D eigenvalue weighted by atomic mass is 35.5. The molecule has 2 rings (SSSR count). The molecule has 0 saturated heterocycles. The van der Waals surface area contributed by atoms with E-state index in [9.17, 15) is 0 Å². The highest BCUT2D eigenvalue weighted by Gasteiger charge is 2.11. The smallest absolute Gasteiger partial charge is 0.0871 e. The van der Waals surface area contributed by atoms with Crippen molar-refractivity contribution in [1.29, 1.82) is 0 Å². The molecule has 0 bridgehead atoms. The maximum Gasteiger partial charge on any atom is 0.0871 e. The molecule has 0 aliphatic carbocycles. The summed E-state index contributed by atoms with van der Waals surface area (Å²) in [5.41, 5.74) is 8.76. The minimum atomic E-state index is 0.595. The van der Waals surface area contributed by atoms with Gasteiger partial charge in [0.25, 0.3) is 0 Å². The van der Waals surface area contributed by atoms with Crippen molar-refractivity contribution < 1.29 is 0 Å². The second-order valence-corrected chi connectivity index (χ2v) is 4.53. The quantitative estimate of drug-likeness (QED) is 0.899. The SMILES string of the molecule is CCc1c(CCN)nnn1Cc1ccccc1Cl. The fraction of sp³-hybridized carbons (Fsp3) is 0.385. The third-order valence-electron chi connectivity index (χ3n) is 2.91. The van der Waals surface area contributed by atoms with Gasteiger partial charge in [-0.25, -0.2) is 4.68 Å². The Labute approximate surface area is 112 Å². The van der Waals surface area contributed by atoms with Crippen LogP contribution < -0.4 is 5.73 Å². The molecule has 0 aliphatic rings. The van der Waals surface area contributed by atoms with Crippen molar-refractivity contribution in [3.8, 4) is 0 Å². The monoisotopic (exact) mass is 264 g/mol. The first-order valence-electron chi connectivity index (χ1n) is 6.11. The van der Waals surface area contributed by atoms with E-state index in [2.05, 4.69) is 17.2 Å². The summed E-state index contributed by atoms with van der Waals surface area (Å²) in [5.74, 6) is 0. The summed E-state index contributed by atoms with van der Waals surface area (Å²) in [4.78, 5) is 0. The fourth-order valence-electron chi connectivity index (χ4n) is 2.00. The molecular formula is C13H17ClN4. The molecule has 0 radical (unpaired) electrons. The molecule has 0 unspecified atom stereocenters. The second kappa shape index (κ2) is 5.98. The Morgan fingerprint density at radius 3 is 2.78 bits per heavy atom. The predicted octanol–water partition coefficient (Wildman–Crippen LogP) is 2.04. The number of rotatable bonds is 5. The first kappa shape index (κ1) is 13.1. The Kier molecular flexibility index (Phi) is 4.33. The largest absolute Gasteiger partial charge is 0.330 e. The number of nitrogens with two attached hydrogens (primary N) is 1. The number of hydrogen-bond donors (Lipinski definition) is 1. The lowest BCUT2D eigenvalue weighted by Gasteiger charge is -2.07. The van der Waals surface area contributed by atoms with E-state index in [-0.39, 0.29) is 0 Å². The van der Waals surface area contributed by atoms with Gasteiger partial charge in [-0.2, -0.15) is 0 Å². The number of nitrogens with zero attached hydrogens (tertiary/aromatic N) is 3. The lowest BCUT2D eigenvalue weighted by molar-refractivity contribution is 0.622. The first-order chi connectivity index (χ1) is 8.76. The van der Waals surface area contributed by atoms with Crippen LogP contribution in [-0.2, 0) is 19.4 Å². The van der Waals surface area contributed by atoms with Crippen LogP contribution in [0.1, 0.15) is 23.9 Å². The Morgan fingerprint density at radius 1 is 1.33 bits per heavy atom. The van der Waals surface area contributed by atoms with E-state index in [0.29, 0.717) is 13.1 Å². The Balaban J connectivity index is 2.27. The Bertz CT molecular complexity index is 521. The van der Waals surface area contributed by atoms with Crippen LogP contribution in [-0.4, -0.2) is 21.5 Å². The van der Waals surface area contributed by atoms with Crippen LogP contribution in [0.3, 0.4) is 0 Å². The molecule has 0 spiro atoms. The van der Waals surface area contributed by atoms with Crippen molar-refractivity contribution in [2.45, 2.75) is 26.3 Å². The number of halogens is 1. The molecule has 0 fully saturated rings. The third kappa shape index (κ3) is 2.71. The van der Waals surface area contributed by atoms with Gasteiger partial charge >= 0.3 is 0 Å². The summed E-state index contributed by atoms with van der Waals surface area (Å²) in [6.07, 6.45) is 1.67. The molecule has 18 heavy (non-hydrogen) atoms. The molecule has 2 aromatic rings. The molecular weight excluding hydrogens is 248 g/mol. The molecule has 0 atom stereocenters. The molecule has 96 valence electrons. The van der Waals surface area contributed by atoms with Gasteiger partial charge in [-0.05, 0) is 24.6 Å². The highest BCUT2D eigenvalue weighted by Crippen LogP contribution is 2.17. The summed E-state index contributed by atoms with van der Waals surface area (Å²) in [5, 5.41) is 9.15. The van der Waals surface area contributed by atoms with E-state index in [1.807, 2.05) is 28.9 Å². The van der Waals surface area contributed by atoms with E-state index in [0.717, 1.165) is 34.8 Å². The van der Waals surface area contributed by atoms with Crippen molar-refractivity contribution in [3.05, 3.63) is 46.2 Å². The van der Waals surface area contributed by atoms with E-state index in [1.54, 1.807) is 0 Å². The zero-order chi connectivity index (χ0) is 13.0. The van der Waals surface area contributed by atoms with Gasteiger partial charge in [0.05, 0.1) is 17.9 Å². The van der Waals surface area contributed by atoms with Gasteiger partial charge in [0, 0.05) is 11.4 Å². The van der Waals surface area contributed by atoms with Gasteiger partial charge in [0.1, 0.15) is 0 Å². The lowest BCUT2D eigenvalue weighted by Crippen LogP contribution is -2.09. The van der Waals surface area contributed by atoms with Gasteiger partial charge in [-0.15, -0.1) is 5.10 Å². The molecule has 1 aromatic carbocycles. The van der Waals surface area contributed by atoms with Gasteiger partial charge in [-0.1, -0.05) is 41.9 Å². The van der Waals surface area contributed by atoms with E-state index in [4.69, 9.17) is 17.3 Å². The lowest BCUT2D eigenvalue weighted by atomic mass is 10.2. The van der Waals surface area contributed by atoms with E-state index in [1.165, 1.54) is 0 Å². The highest BCUT2D eigenvalue weighted by molar-refractivity contribution is 6.31. The predicted molar refractivity (Wildman–Crippen MR) is 72.7 cm³/mol. The molecule has 0 amide bonds. The summed E-state index contributed by atoms with van der Waals surface area (Å²) >= 11 is 6.16. The first-order valence-corrected chi connectivity index (χ1v) is 6.48. The van der Waals surface area contributed by atoms with Gasteiger partial charge in [-0.3, -0.25) is 0 Å². The van der Waals surface area contributed by atoms with Crippen molar-refractivity contribution >= 4 is 11.6 Å². The maximum absolute atomic E-state index is 6.16. The van der Waals surface area contributed by atoms with Crippen LogP contribution in [0.4, 0.5) is 0 Å². The average Bonchev–Trinajstić information content (AvgIpc) is 2.75. The summed E-state index contributed by atoms with van der Waals surface area (Å²) < 4.78 is 1.91. The van der Waals surface area contributed by atoms with Crippen molar-refractivity contribution in [1.82, 2.24) is 15.0 Å². The molecule has 1 heterocycles. The maximum atomic E-state index is 6.16. The number of aromatic nitrogens is 3. The summed E-state index contributed by atoms with van der Waals surface area (Å²) in [7, 11) is 0. The third-order valence-corrected chi connectivity index (χ3v) is 3.28. The minimum Gasteiger partial charge on any atom is -0.330 e. The summed E-state index contributed by atoms with van der Waals surface area (Å²) in [6.45, 7) is 3.35. The zero-order valence-electron chi connectivity index (χ0n) is 10.4. The van der Waals surface area contributed by atoms with E-state index >= 15 is 0 Å². The van der Waals surface area contributed by atoms with Crippen LogP contribution in [0.25, 0.3) is 0 Å². The van der Waals surface area contributed by atoms with Gasteiger partial charge in [0.15, 0.2) is 0 Å². The van der Waals surface area contributed by atoms with Crippen LogP contribution >= 0.6 is 11.6 Å². The minimum absolute atomic E-state index is 0.595. The second-order valence-electron chi connectivity index (χ2n) is 4.12. The van der Waals surface area contributed by atoms with Crippen LogP contribution in [0.15, 0.2) is 24.3 Å².